The monoisotopic (exact) mass is 496 g/mol. The number of hydrogen-bond acceptors (Lipinski definition) is 6. The van der Waals surface area contributed by atoms with Crippen LogP contribution in [0.2, 0.25) is 5.02 Å². The van der Waals surface area contributed by atoms with Crippen LogP contribution < -0.4 is 9.62 Å². The molecule has 0 aromatic heterocycles. The van der Waals surface area contributed by atoms with Crippen LogP contribution in [0.1, 0.15) is 19.4 Å². The number of nitro groups is 1. The van der Waals surface area contributed by atoms with E-state index >= 15 is 0 Å². The molecule has 178 valence electrons. The van der Waals surface area contributed by atoms with Gasteiger partial charge in [0.15, 0.2) is 0 Å². The van der Waals surface area contributed by atoms with Crippen LogP contribution in [-0.4, -0.2) is 55.4 Å². The van der Waals surface area contributed by atoms with Gasteiger partial charge in [-0.2, -0.15) is 0 Å². The molecule has 0 aliphatic heterocycles. The number of halogens is 1. The minimum atomic E-state index is -3.98. The number of anilines is 1. The lowest BCUT2D eigenvalue weighted by atomic mass is 10.1. The van der Waals surface area contributed by atoms with Gasteiger partial charge in [0.25, 0.3) is 5.69 Å². The van der Waals surface area contributed by atoms with Crippen molar-refractivity contribution in [1.82, 2.24) is 10.2 Å². The highest BCUT2D eigenvalue weighted by atomic mass is 35.5. The van der Waals surface area contributed by atoms with Gasteiger partial charge in [-0.05, 0) is 37.6 Å². The zero-order valence-corrected chi connectivity index (χ0v) is 20.0. The highest BCUT2D eigenvalue weighted by Gasteiger charge is 2.30. The van der Waals surface area contributed by atoms with Crippen molar-refractivity contribution in [2.24, 2.45) is 0 Å². The van der Waals surface area contributed by atoms with Crippen molar-refractivity contribution >= 4 is 44.8 Å². The van der Waals surface area contributed by atoms with Gasteiger partial charge in [-0.25, -0.2) is 8.42 Å². The molecule has 1 N–H and O–H groups in total. The molecule has 10 nitrogen and oxygen atoms in total. The number of non-ortho nitro benzene ring substituents is 1. The third kappa shape index (κ3) is 7.16. The van der Waals surface area contributed by atoms with Crippen LogP contribution in [-0.2, 0) is 26.2 Å². The molecule has 0 aliphatic carbocycles. The molecule has 0 spiro atoms. The molecule has 0 aliphatic rings. The van der Waals surface area contributed by atoms with Gasteiger partial charge in [-0.3, -0.25) is 24.0 Å². The van der Waals surface area contributed by atoms with E-state index in [0.717, 1.165) is 16.6 Å². The van der Waals surface area contributed by atoms with Gasteiger partial charge in [0.05, 0.1) is 16.9 Å². The number of benzene rings is 2. The van der Waals surface area contributed by atoms with Crippen molar-refractivity contribution in [3.63, 3.8) is 0 Å². The topological polar surface area (TPSA) is 130 Å². The van der Waals surface area contributed by atoms with E-state index in [9.17, 15) is 28.1 Å². The third-order valence-corrected chi connectivity index (χ3v) is 6.14. The zero-order valence-electron chi connectivity index (χ0n) is 18.4. The van der Waals surface area contributed by atoms with Gasteiger partial charge in [-0.15, -0.1) is 0 Å². The summed E-state index contributed by atoms with van der Waals surface area (Å²) in [5.74, 6) is -1.07. The molecule has 0 saturated heterocycles. The molecule has 33 heavy (non-hydrogen) atoms. The van der Waals surface area contributed by atoms with Crippen molar-refractivity contribution in [2.45, 2.75) is 26.4 Å². The van der Waals surface area contributed by atoms with E-state index in [4.69, 9.17) is 11.6 Å². The van der Waals surface area contributed by atoms with Gasteiger partial charge in [0.2, 0.25) is 21.8 Å². The lowest BCUT2D eigenvalue weighted by Gasteiger charge is -2.31. The van der Waals surface area contributed by atoms with Crippen molar-refractivity contribution < 1.29 is 22.9 Å². The summed E-state index contributed by atoms with van der Waals surface area (Å²) in [6, 6.07) is 10.8. The summed E-state index contributed by atoms with van der Waals surface area (Å²) in [5, 5.41) is 14.2. The van der Waals surface area contributed by atoms with E-state index in [1.807, 2.05) is 0 Å². The highest BCUT2D eigenvalue weighted by Crippen LogP contribution is 2.24. The van der Waals surface area contributed by atoms with Gasteiger partial charge in [0, 0.05) is 30.2 Å². The summed E-state index contributed by atoms with van der Waals surface area (Å²) in [5.41, 5.74) is 0.293. The van der Waals surface area contributed by atoms with Crippen LogP contribution in [0, 0.1) is 10.1 Å². The van der Waals surface area contributed by atoms with Crippen LogP contribution in [0.15, 0.2) is 48.5 Å². The molecule has 0 fully saturated rings. The number of nitrogens with one attached hydrogen (secondary N) is 1. The Kier molecular flexibility index (Phi) is 8.77. The van der Waals surface area contributed by atoms with Crippen LogP contribution in [0.25, 0.3) is 0 Å². The summed E-state index contributed by atoms with van der Waals surface area (Å²) >= 11 is 6.04. The fourth-order valence-electron chi connectivity index (χ4n) is 3.11. The molecule has 12 heteroatoms. The molecule has 2 rings (SSSR count). The summed E-state index contributed by atoms with van der Waals surface area (Å²) in [6.45, 7) is 2.98. The first-order valence-corrected chi connectivity index (χ1v) is 12.2. The Hall–Kier alpha value is -3.18. The van der Waals surface area contributed by atoms with Crippen LogP contribution >= 0.6 is 11.6 Å². The maximum Gasteiger partial charge on any atom is 0.271 e. The molecule has 2 amide bonds. The van der Waals surface area contributed by atoms with Gasteiger partial charge >= 0.3 is 0 Å². The van der Waals surface area contributed by atoms with Crippen molar-refractivity contribution in [3.05, 3.63) is 69.2 Å². The van der Waals surface area contributed by atoms with Gasteiger partial charge in [-0.1, -0.05) is 29.8 Å². The molecule has 0 saturated carbocycles. The molecule has 2 aromatic carbocycles. The predicted octanol–water partition coefficient (Wildman–Crippen LogP) is 2.57. The number of hydrogen-bond donors (Lipinski definition) is 1. The predicted molar refractivity (Wildman–Crippen MR) is 125 cm³/mol. The summed E-state index contributed by atoms with van der Waals surface area (Å²) in [7, 11) is -3.98. The fourth-order valence-corrected chi connectivity index (χ4v) is 4.17. The van der Waals surface area contributed by atoms with E-state index in [2.05, 4.69) is 5.32 Å². The molecule has 1 atom stereocenters. The largest absolute Gasteiger partial charge is 0.355 e. The second-order valence-corrected chi connectivity index (χ2v) is 9.61. The Labute approximate surface area is 197 Å². The van der Waals surface area contributed by atoms with E-state index in [-0.39, 0.29) is 17.9 Å². The molecular weight excluding hydrogens is 472 g/mol. The van der Waals surface area contributed by atoms with Crippen LogP contribution in [0.4, 0.5) is 11.4 Å². The highest BCUT2D eigenvalue weighted by molar-refractivity contribution is 7.92. The first kappa shape index (κ1) is 26.1. The number of carbonyl (C=O) groups is 2. The Bertz CT molecular complexity index is 1140. The third-order valence-electron chi connectivity index (χ3n) is 4.77. The lowest BCUT2D eigenvalue weighted by Crippen LogP contribution is -2.51. The standard InChI is InChI=1S/C21H25ClN4O6S/c1-4-23-21(28)15(2)24(13-16-7-5-8-17(22)11-16)20(27)14-25(33(3,31)32)18-9-6-10-19(12-18)26(29)30/h5-12,15H,4,13-14H2,1-3H3,(H,23,28). The quantitative estimate of drug-likeness (QED) is 0.397. The Balaban J connectivity index is 2.42. The van der Waals surface area contributed by atoms with Gasteiger partial charge < -0.3 is 10.2 Å². The van der Waals surface area contributed by atoms with Crippen molar-refractivity contribution in [3.8, 4) is 0 Å². The zero-order chi connectivity index (χ0) is 24.8. The molecule has 0 bridgehead atoms. The first-order chi connectivity index (χ1) is 15.4. The number of sulfonamides is 1. The van der Waals surface area contributed by atoms with Gasteiger partial charge in [0.1, 0.15) is 12.6 Å². The number of nitro benzene ring substituents is 1. The van der Waals surface area contributed by atoms with E-state index < -0.39 is 39.3 Å². The molecule has 2 aromatic rings. The number of rotatable bonds is 10. The molecular formula is C21H25ClN4O6S. The molecule has 0 heterocycles. The second-order valence-electron chi connectivity index (χ2n) is 7.27. The van der Waals surface area contributed by atoms with Crippen molar-refractivity contribution in [1.29, 1.82) is 0 Å². The molecule has 0 radical (unpaired) electrons. The number of nitrogens with zero attached hydrogens (tertiary/aromatic N) is 3. The van der Waals surface area contributed by atoms with Crippen LogP contribution in [0.5, 0.6) is 0 Å². The SMILES string of the molecule is CCNC(=O)C(C)N(Cc1cccc(Cl)c1)C(=O)CN(c1cccc([N+](=O)[O-])c1)S(C)(=O)=O. The minimum Gasteiger partial charge on any atom is -0.355 e. The van der Waals surface area contributed by atoms with E-state index in [1.54, 1.807) is 31.2 Å². The number of amides is 2. The van der Waals surface area contributed by atoms with E-state index in [0.29, 0.717) is 17.1 Å². The minimum absolute atomic E-state index is 0.00420. The fraction of sp³-hybridized carbons (Fsp3) is 0.333. The summed E-state index contributed by atoms with van der Waals surface area (Å²) in [6.07, 6.45) is 0.896. The number of carbonyl (C=O) groups excluding carboxylic acids is 2. The number of likely N-dealkylation sites (N-methyl/N-ethyl adjacent to an activating group) is 1. The average molecular weight is 497 g/mol. The smallest absolute Gasteiger partial charge is 0.271 e. The average Bonchev–Trinajstić information content (AvgIpc) is 2.74. The normalized spacial score (nSPS) is 12.0. The Morgan fingerprint density at radius 3 is 2.42 bits per heavy atom. The maximum atomic E-state index is 13.3. The second kappa shape index (κ2) is 11.1. The summed E-state index contributed by atoms with van der Waals surface area (Å²) < 4.78 is 25.7. The van der Waals surface area contributed by atoms with E-state index in [1.165, 1.54) is 30.0 Å². The maximum absolute atomic E-state index is 13.3. The first-order valence-electron chi connectivity index (χ1n) is 9.97. The van der Waals surface area contributed by atoms with Crippen LogP contribution in [0.3, 0.4) is 0 Å². The van der Waals surface area contributed by atoms with Crippen molar-refractivity contribution in [2.75, 3.05) is 23.7 Å². The molecule has 1 unspecified atom stereocenters. The Morgan fingerprint density at radius 1 is 1.18 bits per heavy atom. The Morgan fingerprint density at radius 2 is 1.85 bits per heavy atom. The summed E-state index contributed by atoms with van der Waals surface area (Å²) in [4.78, 5) is 37.5. The lowest BCUT2D eigenvalue weighted by molar-refractivity contribution is -0.384.